The first-order valence-corrected chi connectivity index (χ1v) is 13.2. The number of aryl methyl sites for hydroxylation is 1. The van der Waals surface area contributed by atoms with Gasteiger partial charge in [0.2, 0.25) is 5.91 Å². The van der Waals surface area contributed by atoms with Crippen LogP contribution in [0.2, 0.25) is 0 Å². The Morgan fingerprint density at radius 2 is 1.68 bits per heavy atom. The van der Waals surface area contributed by atoms with Gasteiger partial charge in [-0.15, -0.1) is 13.2 Å². The van der Waals surface area contributed by atoms with Crippen molar-refractivity contribution >= 4 is 21.4 Å². The number of halogens is 3. The van der Waals surface area contributed by atoms with Gasteiger partial charge in [-0.25, -0.2) is 8.42 Å². The summed E-state index contributed by atoms with van der Waals surface area (Å²) in [5, 5.41) is 7.18. The molecule has 4 aromatic rings. The molecule has 4 rings (SSSR count). The van der Waals surface area contributed by atoms with Gasteiger partial charge in [0.05, 0.1) is 22.8 Å². The Labute approximate surface area is 217 Å². The van der Waals surface area contributed by atoms with Crippen LogP contribution in [-0.4, -0.2) is 36.2 Å². The summed E-state index contributed by atoms with van der Waals surface area (Å²) in [4.78, 5) is 12.9. The van der Waals surface area contributed by atoms with Gasteiger partial charge in [0, 0.05) is 30.1 Å². The number of anilines is 1. The number of carbonyl (C=O) groups is 1. The number of sulfone groups is 1. The van der Waals surface area contributed by atoms with Crippen LogP contribution < -0.4 is 10.1 Å². The number of para-hydroxylation sites is 1. The molecule has 1 aromatic heterocycles. The third-order valence-corrected chi connectivity index (χ3v) is 7.47. The average Bonchev–Trinajstić information content (AvgIpc) is 3.30. The monoisotopic (exact) mass is 543 g/mol. The second-order valence-electron chi connectivity index (χ2n) is 8.45. The first-order chi connectivity index (χ1) is 17.9. The largest absolute Gasteiger partial charge is 0.573 e. The minimum absolute atomic E-state index is 0.00458. The van der Waals surface area contributed by atoms with Crippen LogP contribution in [0.4, 0.5) is 18.9 Å². The molecule has 3 aromatic carbocycles. The SMILES string of the molecule is CCS(=O)(=O)c1ccc(CC(=O)Nc2ccc(-c3ccccc3OC(F)(F)F)c(-c3ccn(C)n3)c2)cc1. The van der Waals surface area contributed by atoms with Gasteiger partial charge in [-0.3, -0.25) is 9.48 Å². The lowest BCUT2D eigenvalue weighted by atomic mass is 9.96. The Bertz CT molecular complexity index is 1560. The fraction of sp³-hybridized carbons (Fsp3) is 0.185. The molecular weight excluding hydrogens is 519 g/mol. The summed E-state index contributed by atoms with van der Waals surface area (Å²) in [5.41, 5.74) is 2.68. The normalized spacial score (nSPS) is 11.8. The molecule has 198 valence electrons. The maximum Gasteiger partial charge on any atom is 0.573 e. The fourth-order valence-electron chi connectivity index (χ4n) is 3.90. The van der Waals surface area contributed by atoms with E-state index in [1.54, 1.807) is 67.3 Å². The van der Waals surface area contributed by atoms with E-state index < -0.39 is 16.2 Å². The van der Waals surface area contributed by atoms with Crippen molar-refractivity contribution in [3.05, 3.63) is 84.6 Å². The van der Waals surface area contributed by atoms with Gasteiger partial charge in [0.15, 0.2) is 9.84 Å². The Balaban J connectivity index is 1.63. The number of aromatic nitrogens is 2. The second kappa shape index (κ2) is 10.7. The highest BCUT2D eigenvalue weighted by atomic mass is 32.2. The molecule has 0 fully saturated rings. The van der Waals surface area contributed by atoms with Gasteiger partial charge in [-0.2, -0.15) is 5.10 Å². The van der Waals surface area contributed by atoms with Crippen LogP contribution >= 0.6 is 0 Å². The summed E-state index contributed by atoms with van der Waals surface area (Å²) >= 11 is 0. The van der Waals surface area contributed by atoms with Crippen molar-refractivity contribution in [2.24, 2.45) is 7.05 Å². The molecule has 0 aliphatic rings. The number of hydrogen-bond donors (Lipinski definition) is 1. The summed E-state index contributed by atoms with van der Waals surface area (Å²) < 4.78 is 68.9. The molecule has 11 heteroatoms. The first-order valence-electron chi connectivity index (χ1n) is 11.6. The number of amides is 1. The number of nitrogens with zero attached hydrogens (tertiary/aromatic N) is 2. The molecule has 1 N–H and O–H groups in total. The number of benzene rings is 3. The molecule has 1 heterocycles. The summed E-state index contributed by atoms with van der Waals surface area (Å²) in [5.74, 6) is -0.729. The predicted octanol–water partition coefficient (Wildman–Crippen LogP) is 5.63. The molecule has 0 aliphatic heterocycles. The third kappa shape index (κ3) is 6.41. The summed E-state index contributed by atoms with van der Waals surface area (Å²) in [6, 6.07) is 18.4. The van der Waals surface area contributed by atoms with Gasteiger partial charge >= 0.3 is 6.36 Å². The van der Waals surface area contributed by atoms with Gasteiger partial charge < -0.3 is 10.1 Å². The molecule has 0 radical (unpaired) electrons. The molecule has 1 amide bonds. The van der Waals surface area contributed by atoms with E-state index in [9.17, 15) is 26.4 Å². The molecule has 0 unspecified atom stereocenters. The quantitative estimate of drug-likeness (QED) is 0.311. The molecule has 0 aliphatic carbocycles. The van der Waals surface area contributed by atoms with Crippen molar-refractivity contribution in [1.82, 2.24) is 9.78 Å². The minimum atomic E-state index is -4.87. The van der Waals surface area contributed by atoms with E-state index in [2.05, 4.69) is 15.2 Å². The van der Waals surface area contributed by atoms with Crippen molar-refractivity contribution < 1.29 is 31.1 Å². The summed E-state index contributed by atoms with van der Waals surface area (Å²) in [6.07, 6.45) is -3.17. The van der Waals surface area contributed by atoms with Crippen LogP contribution in [-0.2, 0) is 28.1 Å². The molecule has 7 nitrogen and oxygen atoms in total. The van der Waals surface area contributed by atoms with E-state index in [0.717, 1.165) is 0 Å². The third-order valence-electron chi connectivity index (χ3n) is 5.72. The molecular formula is C27H24F3N3O4S. The maximum absolute atomic E-state index is 13.0. The summed E-state index contributed by atoms with van der Waals surface area (Å²) in [7, 11) is -1.63. The minimum Gasteiger partial charge on any atom is -0.405 e. The lowest BCUT2D eigenvalue weighted by molar-refractivity contribution is -0.274. The number of carbonyl (C=O) groups excluding carboxylic acids is 1. The molecule has 0 bridgehead atoms. The average molecular weight is 544 g/mol. The van der Waals surface area contributed by atoms with Gasteiger partial charge in [-0.05, 0) is 47.5 Å². The Hall–Kier alpha value is -4.12. The van der Waals surface area contributed by atoms with Crippen LogP contribution in [0.15, 0.2) is 83.9 Å². The zero-order valence-electron chi connectivity index (χ0n) is 20.5. The van der Waals surface area contributed by atoms with E-state index in [1.165, 1.54) is 30.3 Å². The van der Waals surface area contributed by atoms with Crippen molar-refractivity contribution in [2.75, 3.05) is 11.1 Å². The van der Waals surface area contributed by atoms with E-state index >= 15 is 0 Å². The van der Waals surface area contributed by atoms with Crippen LogP contribution in [0.3, 0.4) is 0 Å². The smallest absolute Gasteiger partial charge is 0.405 e. The van der Waals surface area contributed by atoms with Gasteiger partial charge in [-0.1, -0.05) is 43.3 Å². The standard InChI is InChI=1S/C27H24F3N3O4S/c1-3-38(35,36)20-11-8-18(9-12-20)16-26(34)31-19-10-13-21(23(17-19)24-14-15-33(2)32-24)22-6-4-5-7-25(22)37-27(28,29)30/h4-15,17H,3,16H2,1-2H3,(H,31,34). The van der Waals surface area contributed by atoms with E-state index in [4.69, 9.17) is 0 Å². The number of ether oxygens (including phenoxy) is 1. The second-order valence-corrected chi connectivity index (χ2v) is 10.7. The van der Waals surface area contributed by atoms with Crippen LogP contribution in [0.25, 0.3) is 22.4 Å². The maximum atomic E-state index is 13.0. The van der Waals surface area contributed by atoms with Gasteiger partial charge in [0.1, 0.15) is 5.75 Å². The molecule has 0 saturated heterocycles. The van der Waals surface area contributed by atoms with E-state index in [-0.39, 0.29) is 34.3 Å². The fourth-order valence-corrected chi connectivity index (χ4v) is 4.79. The molecule has 0 spiro atoms. The van der Waals surface area contributed by atoms with Crippen molar-refractivity contribution in [3.8, 4) is 28.1 Å². The lowest BCUT2D eigenvalue weighted by Crippen LogP contribution is -2.17. The summed E-state index contributed by atoms with van der Waals surface area (Å²) in [6.45, 7) is 1.56. The topological polar surface area (TPSA) is 90.3 Å². The predicted molar refractivity (Wildman–Crippen MR) is 137 cm³/mol. The number of alkyl halides is 3. The van der Waals surface area contributed by atoms with Gasteiger partial charge in [0.25, 0.3) is 0 Å². The van der Waals surface area contributed by atoms with Crippen LogP contribution in [0, 0.1) is 0 Å². The zero-order chi connectivity index (χ0) is 27.5. The Morgan fingerprint density at radius 1 is 0.974 bits per heavy atom. The first kappa shape index (κ1) is 26.9. The van der Waals surface area contributed by atoms with Crippen LogP contribution in [0.5, 0.6) is 5.75 Å². The Kier molecular flexibility index (Phi) is 7.58. The highest BCUT2D eigenvalue weighted by molar-refractivity contribution is 7.91. The molecule has 38 heavy (non-hydrogen) atoms. The zero-order valence-corrected chi connectivity index (χ0v) is 21.3. The van der Waals surface area contributed by atoms with Crippen molar-refractivity contribution in [3.63, 3.8) is 0 Å². The molecule has 0 saturated carbocycles. The van der Waals surface area contributed by atoms with Crippen molar-refractivity contribution in [1.29, 1.82) is 0 Å². The number of nitrogens with one attached hydrogen (secondary N) is 1. The van der Waals surface area contributed by atoms with E-state index in [0.29, 0.717) is 28.1 Å². The van der Waals surface area contributed by atoms with Crippen LogP contribution in [0.1, 0.15) is 12.5 Å². The Morgan fingerprint density at radius 3 is 2.32 bits per heavy atom. The number of rotatable bonds is 8. The lowest BCUT2D eigenvalue weighted by Gasteiger charge is -2.16. The highest BCUT2D eigenvalue weighted by Crippen LogP contribution is 2.40. The van der Waals surface area contributed by atoms with E-state index in [1.807, 2.05) is 0 Å². The highest BCUT2D eigenvalue weighted by Gasteiger charge is 2.32. The van der Waals surface area contributed by atoms with Crippen molar-refractivity contribution in [2.45, 2.75) is 24.6 Å². The number of hydrogen-bond acceptors (Lipinski definition) is 5. The molecule has 0 atom stereocenters.